The molecule has 0 spiro atoms. The summed E-state index contributed by atoms with van der Waals surface area (Å²) in [6.45, 7) is 0. The summed E-state index contributed by atoms with van der Waals surface area (Å²) in [7, 11) is 1.64. The van der Waals surface area contributed by atoms with E-state index < -0.39 is 0 Å². The topological polar surface area (TPSA) is 78.0 Å². The number of rotatable bonds is 3. The van der Waals surface area contributed by atoms with Gasteiger partial charge < -0.3 is 10.1 Å². The Kier molecular flexibility index (Phi) is 4.13. The Labute approximate surface area is 95.0 Å². The first kappa shape index (κ1) is 11.2. The molecule has 1 aromatic rings. The summed E-state index contributed by atoms with van der Waals surface area (Å²) in [5, 5.41) is 9.58. The minimum Gasteiger partial charge on any atom is -0.387 e. The number of nitriles is 1. The van der Waals surface area contributed by atoms with Crippen LogP contribution in [0.15, 0.2) is 10.0 Å². The van der Waals surface area contributed by atoms with E-state index >= 15 is 0 Å². The number of hydrogen-bond donors (Lipinski definition) is 2. The van der Waals surface area contributed by atoms with Gasteiger partial charge in [-0.1, -0.05) is 24.0 Å². The molecule has 14 heavy (non-hydrogen) atoms. The van der Waals surface area contributed by atoms with Crippen LogP contribution in [-0.2, 0) is 0 Å². The number of aromatic amines is 1. The van der Waals surface area contributed by atoms with Crippen molar-refractivity contribution in [2.24, 2.45) is 10.7 Å². The van der Waals surface area contributed by atoms with E-state index in [1.165, 1.54) is 23.3 Å². The van der Waals surface area contributed by atoms with Gasteiger partial charge in [0.2, 0.25) is 0 Å². The van der Waals surface area contributed by atoms with Gasteiger partial charge in [-0.2, -0.15) is 5.26 Å². The maximum atomic E-state index is 8.81. The zero-order chi connectivity index (χ0) is 10.6. The third-order valence-corrected chi connectivity index (χ3v) is 3.75. The second kappa shape index (κ2) is 5.14. The third kappa shape index (κ3) is 2.57. The molecule has 1 rings (SSSR count). The van der Waals surface area contributed by atoms with E-state index in [0.717, 1.165) is 5.03 Å². The van der Waals surface area contributed by atoms with E-state index in [9.17, 15) is 0 Å². The summed E-state index contributed by atoms with van der Waals surface area (Å²) in [6.07, 6.45) is 0. The van der Waals surface area contributed by atoms with Gasteiger partial charge in [-0.3, -0.25) is 4.99 Å². The SMILES string of the molecule is CN=C(N)CSc1[nH]sc(=S)c1C#N. The summed E-state index contributed by atoms with van der Waals surface area (Å²) in [5.74, 6) is 1.11. The normalized spacial score (nSPS) is 11.3. The summed E-state index contributed by atoms with van der Waals surface area (Å²) < 4.78 is 3.56. The van der Waals surface area contributed by atoms with Crippen molar-refractivity contribution in [1.82, 2.24) is 4.37 Å². The van der Waals surface area contributed by atoms with Crippen LogP contribution in [0.25, 0.3) is 0 Å². The number of nitrogens with one attached hydrogen (secondary N) is 1. The highest BCUT2D eigenvalue weighted by Crippen LogP contribution is 2.23. The Hall–Kier alpha value is -0.840. The quantitative estimate of drug-likeness (QED) is 0.367. The lowest BCUT2D eigenvalue weighted by Gasteiger charge is -1.97. The molecule has 0 aliphatic rings. The molecule has 0 saturated heterocycles. The highest BCUT2D eigenvalue weighted by Gasteiger charge is 2.07. The minimum absolute atomic E-state index is 0.527. The van der Waals surface area contributed by atoms with Gasteiger partial charge in [-0.15, -0.1) is 0 Å². The van der Waals surface area contributed by atoms with Gasteiger partial charge in [0.25, 0.3) is 0 Å². The number of thioether (sulfide) groups is 1. The van der Waals surface area contributed by atoms with Crippen molar-refractivity contribution in [2.45, 2.75) is 5.03 Å². The number of nitrogens with two attached hydrogens (primary N) is 1. The Balaban J connectivity index is 2.79. The second-order valence-corrected chi connectivity index (χ2v) is 4.78. The van der Waals surface area contributed by atoms with Gasteiger partial charge >= 0.3 is 0 Å². The molecule has 0 aliphatic carbocycles. The van der Waals surface area contributed by atoms with E-state index in [4.69, 9.17) is 23.2 Å². The van der Waals surface area contributed by atoms with Crippen molar-refractivity contribution < 1.29 is 0 Å². The third-order valence-electron chi connectivity index (χ3n) is 1.43. The van der Waals surface area contributed by atoms with E-state index in [1.54, 1.807) is 7.05 Å². The molecule has 0 radical (unpaired) electrons. The molecule has 0 atom stereocenters. The average Bonchev–Trinajstić information content (AvgIpc) is 2.55. The van der Waals surface area contributed by atoms with E-state index in [2.05, 4.69) is 15.4 Å². The molecule has 4 nitrogen and oxygen atoms in total. The highest BCUT2D eigenvalue weighted by molar-refractivity contribution is 8.00. The molecule has 0 unspecified atom stereocenters. The van der Waals surface area contributed by atoms with Gasteiger partial charge in [0.05, 0.1) is 5.75 Å². The van der Waals surface area contributed by atoms with Gasteiger partial charge in [0.1, 0.15) is 26.3 Å². The Bertz CT molecular complexity index is 437. The minimum atomic E-state index is 0.527. The van der Waals surface area contributed by atoms with Gasteiger partial charge in [0, 0.05) is 7.05 Å². The van der Waals surface area contributed by atoms with Crippen LogP contribution in [0, 0.1) is 15.2 Å². The first-order valence-electron chi connectivity index (χ1n) is 3.64. The number of H-pyrrole nitrogens is 1. The number of hydrogen-bond acceptors (Lipinski definition) is 5. The van der Waals surface area contributed by atoms with Crippen LogP contribution in [0.2, 0.25) is 0 Å². The van der Waals surface area contributed by atoms with Crippen LogP contribution in [0.1, 0.15) is 5.56 Å². The van der Waals surface area contributed by atoms with Gasteiger partial charge in [-0.25, -0.2) is 0 Å². The van der Waals surface area contributed by atoms with Crippen molar-refractivity contribution in [3.8, 4) is 6.07 Å². The largest absolute Gasteiger partial charge is 0.387 e. The fraction of sp³-hybridized carbons (Fsp3) is 0.286. The smallest absolute Gasteiger partial charge is 0.127 e. The molecule has 0 fully saturated rings. The van der Waals surface area contributed by atoms with Crippen molar-refractivity contribution in [3.05, 3.63) is 9.39 Å². The lowest BCUT2D eigenvalue weighted by molar-refractivity contribution is 1.25. The Morgan fingerprint density at radius 3 is 3.14 bits per heavy atom. The van der Waals surface area contributed by atoms with Crippen LogP contribution in [0.4, 0.5) is 0 Å². The highest BCUT2D eigenvalue weighted by atomic mass is 32.2. The molecule has 0 amide bonds. The second-order valence-electron chi connectivity index (χ2n) is 2.31. The summed E-state index contributed by atoms with van der Waals surface area (Å²) in [6, 6.07) is 2.06. The van der Waals surface area contributed by atoms with Crippen molar-refractivity contribution in [2.75, 3.05) is 12.8 Å². The summed E-state index contributed by atoms with van der Waals surface area (Å²) >= 11 is 7.69. The van der Waals surface area contributed by atoms with Crippen LogP contribution < -0.4 is 5.73 Å². The molecule has 0 bridgehead atoms. The summed E-state index contributed by atoms with van der Waals surface area (Å²) in [4.78, 5) is 3.82. The lowest BCUT2D eigenvalue weighted by Crippen LogP contribution is -2.14. The van der Waals surface area contributed by atoms with Crippen LogP contribution >= 0.6 is 35.5 Å². The van der Waals surface area contributed by atoms with Crippen LogP contribution in [-0.4, -0.2) is 23.0 Å². The maximum Gasteiger partial charge on any atom is 0.127 e. The van der Waals surface area contributed by atoms with Gasteiger partial charge in [0.15, 0.2) is 0 Å². The van der Waals surface area contributed by atoms with Crippen molar-refractivity contribution >= 4 is 41.3 Å². The fourth-order valence-corrected chi connectivity index (χ4v) is 2.71. The van der Waals surface area contributed by atoms with Crippen molar-refractivity contribution in [3.63, 3.8) is 0 Å². The van der Waals surface area contributed by atoms with Gasteiger partial charge in [-0.05, 0) is 11.5 Å². The average molecular weight is 244 g/mol. The monoisotopic (exact) mass is 244 g/mol. The van der Waals surface area contributed by atoms with E-state index in [1.807, 2.05) is 0 Å². The zero-order valence-electron chi connectivity index (χ0n) is 7.40. The lowest BCUT2D eigenvalue weighted by atomic mass is 10.4. The molecule has 7 heteroatoms. The molecule has 74 valence electrons. The fourth-order valence-electron chi connectivity index (χ4n) is 0.696. The first-order chi connectivity index (χ1) is 6.69. The van der Waals surface area contributed by atoms with Crippen LogP contribution in [0.3, 0.4) is 0 Å². The zero-order valence-corrected chi connectivity index (χ0v) is 9.85. The molecular weight excluding hydrogens is 236 g/mol. The Morgan fingerprint density at radius 2 is 2.57 bits per heavy atom. The molecule has 0 aliphatic heterocycles. The maximum absolute atomic E-state index is 8.81. The predicted octanol–water partition coefficient (Wildman–Crippen LogP) is 1.76. The molecule has 0 aromatic carbocycles. The predicted molar refractivity (Wildman–Crippen MR) is 62.5 cm³/mol. The molecule has 1 aromatic heterocycles. The standard InChI is InChI=1S/C7H8N4S3/c1-10-5(9)3-13-6-4(2-8)7(12)14-11-6/h11H,3H2,1H3,(H2,9,10). The van der Waals surface area contributed by atoms with Crippen LogP contribution in [0.5, 0.6) is 0 Å². The number of aliphatic imine (C=N–C) groups is 1. The molecular formula is C7H8N4S3. The molecule has 1 heterocycles. The van der Waals surface area contributed by atoms with E-state index in [-0.39, 0.29) is 0 Å². The first-order valence-corrected chi connectivity index (χ1v) is 5.85. The van der Waals surface area contributed by atoms with E-state index in [0.29, 0.717) is 21.0 Å². The molecule has 0 saturated carbocycles. The number of nitrogens with zero attached hydrogens (tertiary/aromatic N) is 2. The van der Waals surface area contributed by atoms with Crippen molar-refractivity contribution in [1.29, 1.82) is 5.26 Å². The Morgan fingerprint density at radius 1 is 1.86 bits per heavy atom. The summed E-state index contributed by atoms with van der Waals surface area (Å²) in [5.41, 5.74) is 6.06. The number of aromatic nitrogens is 1. The molecule has 3 N–H and O–H groups in total. The number of amidine groups is 1.